The van der Waals surface area contributed by atoms with Gasteiger partial charge in [0, 0.05) is 30.5 Å². The summed E-state index contributed by atoms with van der Waals surface area (Å²) < 4.78 is 0. The molecule has 2 heterocycles. The van der Waals surface area contributed by atoms with Crippen molar-refractivity contribution in [3.63, 3.8) is 0 Å². The summed E-state index contributed by atoms with van der Waals surface area (Å²) in [5.74, 6) is -0.0135. The Bertz CT molecular complexity index is 333. The maximum atomic E-state index is 11.7. The maximum Gasteiger partial charge on any atom is 0.251 e. The molecule has 1 amide bonds. The van der Waals surface area contributed by atoms with Crippen LogP contribution in [0.1, 0.15) is 29.6 Å². The topological polar surface area (TPSA) is 54.0 Å². The van der Waals surface area contributed by atoms with E-state index >= 15 is 0 Å². The van der Waals surface area contributed by atoms with Crippen LogP contribution in [0.5, 0.6) is 0 Å². The SMILES string of the molecule is O=C(NCC[C@@H]1CCCN1)c1ccncc1. The fraction of sp³-hybridized carbons (Fsp3) is 0.500. The van der Waals surface area contributed by atoms with Crippen LogP contribution in [0.15, 0.2) is 24.5 Å². The molecule has 2 rings (SSSR count). The molecule has 16 heavy (non-hydrogen) atoms. The first-order chi connectivity index (χ1) is 7.86. The van der Waals surface area contributed by atoms with Gasteiger partial charge in [-0.15, -0.1) is 0 Å². The molecular formula is C12H17N3O. The number of nitrogens with one attached hydrogen (secondary N) is 2. The molecule has 1 aromatic rings. The predicted molar refractivity (Wildman–Crippen MR) is 62.2 cm³/mol. The lowest BCUT2D eigenvalue weighted by Crippen LogP contribution is -2.30. The second-order valence-corrected chi connectivity index (χ2v) is 4.07. The van der Waals surface area contributed by atoms with Gasteiger partial charge in [0.1, 0.15) is 0 Å². The summed E-state index contributed by atoms with van der Waals surface area (Å²) in [6.45, 7) is 1.85. The monoisotopic (exact) mass is 219 g/mol. The molecule has 1 aliphatic heterocycles. The highest BCUT2D eigenvalue weighted by Gasteiger charge is 2.13. The van der Waals surface area contributed by atoms with E-state index < -0.39 is 0 Å². The highest BCUT2D eigenvalue weighted by molar-refractivity contribution is 5.93. The number of amides is 1. The van der Waals surface area contributed by atoms with E-state index in [4.69, 9.17) is 0 Å². The molecule has 1 atom stereocenters. The number of rotatable bonds is 4. The van der Waals surface area contributed by atoms with Crippen LogP contribution < -0.4 is 10.6 Å². The molecule has 86 valence electrons. The van der Waals surface area contributed by atoms with Crippen LogP contribution in [0.4, 0.5) is 0 Å². The Kier molecular flexibility index (Phi) is 3.88. The average molecular weight is 219 g/mol. The first kappa shape index (κ1) is 11.1. The van der Waals surface area contributed by atoms with Crippen LogP contribution in [0, 0.1) is 0 Å². The second kappa shape index (κ2) is 5.61. The Labute approximate surface area is 95.5 Å². The average Bonchev–Trinajstić information content (AvgIpc) is 2.83. The lowest BCUT2D eigenvalue weighted by molar-refractivity contribution is 0.0952. The molecule has 1 aliphatic rings. The lowest BCUT2D eigenvalue weighted by Gasteiger charge is -2.10. The first-order valence-corrected chi connectivity index (χ1v) is 5.78. The van der Waals surface area contributed by atoms with Gasteiger partial charge in [0.05, 0.1) is 0 Å². The van der Waals surface area contributed by atoms with E-state index in [2.05, 4.69) is 15.6 Å². The number of hydrogen-bond donors (Lipinski definition) is 2. The van der Waals surface area contributed by atoms with Crippen molar-refractivity contribution >= 4 is 5.91 Å². The van der Waals surface area contributed by atoms with Crippen molar-refractivity contribution in [2.24, 2.45) is 0 Å². The second-order valence-electron chi connectivity index (χ2n) is 4.07. The van der Waals surface area contributed by atoms with Gasteiger partial charge in [-0.3, -0.25) is 9.78 Å². The molecule has 0 radical (unpaired) electrons. The zero-order valence-corrected chi connectivity index (χ0v) is 9.28. The molecule has 4 heteroatoms. The number of aromatic nitrogens is 1. The van der Waals surface area contributed by atoms with Gasteiger partial charge in [-0.1, -0.05) is 0 Å². The lowest BCUT2D eigenvalue weighted by atomic mass is 10.1. The molecule has 1 aromatic heterocycles. The predicted octanol–water partition coefficient (Wildman–Crippen LogP) is 0.953. The van der Waals surface area contributed by atoms with E-state index in [1.807, 2.05) is 0 Å². The minimum atomic E-state index is -0.0135. The van der Waals surface area contributed by atoms with Gasteiger partial charge in [0.2, 0.25) is 0 Å². The molecular weight excluding hydrogens is 202 g/mol. The van der Waals surface area contributed by atoms with Crippen molar-refractivity contribution in [3.8, 4) is 0 Å². The highest BCUT2D eigenvalue weighted by Crippen LogP contribution is 2.07. The van der Waals surface area contributed by atoms with Gasteiger partial charge in [0.15, 0.2) is 0 Å². The summed E-state index contributed by atoms with van der Waals surface area (Å²) in [4.78, 5) is 15.5. The molecule has 0 saturated carbocycles. The molecule has 0 aromatic carbocycles. The summed E-state index contributed by atoms with van der Waals surface area (Å²) >= 11 is 0. The molecule has 1 saturated heterocycles. The van der Waals surface area contributed by atoms with E-state index in [0.29, 0.717) is 11.6 Å². The van der Waals surface area contributed by atoms with Crippen LogP contribution in [-0.4, -0.2) is 30.0 Å². The number of carbonyl (C=O) groups excluding carboxylic acids is 1. The number of pyridine rings is 1. The molecule has 0 bridgehead atoms. The number of carbonyl (C=O) groups is 1. The fourth-order valence-electron chi connectivity index (χ4n) is 1.97. The van der Waals surface area contributed by atoms with E-state index in [0.717, 1.165) is 19.5 Å². The minimum Gasteiger partial charge on any atom is -0.352 e. The summed E-state index contributed by atoms with van der Waals surface area (Å²) in [5, 5.41) is 6.33. The third kappa shape index (κ3) is 3.03. The van der Waals surface area contributed by atoms with Crippen LogP contribution >= 0.6 is 0 Å². The number of nitrogens with zero attached hydrogens (tertiary/aromatic N) is 1. The van der Waals surface area contributed by atoms with Crippen molar-refractivity contribution in [2.45, 2.75) is 25.3 Å². The summed E-state index contributed by atoms with van der Waals surface area (Å²) in [7, 11) is 0. The standard InChI is InChI=1S/C12H17N3O/c16-12(10-3-7-13-8-4-10)15-9-5-11-2-1-6-14-11/h3-4,7-8,11,14H,1-2,5-6,9H2,(H,15,16)/t11-/m0/s1. The van der Waals surface area contributed by atoms with Gasteiger partial charge < -0.3 is 10.6 Å². The van der Waals surface area contributed by atoms with Gasteiger partial charge >= 0.3 is 0 Å². The van der Waals surface area contributed by atoms with E-state index in [1.54, 1.807) is 24.5 Å². The summed E-state index contributed by atoms with van der Waals surface area (Å²) in [6, 6.07) is 4.03. The highest BCUT2D eigenvalue weighted by atomic mass is 16.1. The molecule has 0 spiro atoms. The molecule has 0 unspecified atom stereocenters. The van der Waals surface area contributed by atoms with E-state index in [9.17, 15) is 4.79 Å². The Balaban J connectivity index is 1.71. The normalized spacial score (nSPS) is 19.6. The van der Waals surface area contributed by atoms with Crippen molar-refractivity contribution in [1.82, 2.24) is 15.6 Å². The van der Waals surface area contributed by atoms with Crippen LogP contribution in [0.2, 0.25) is 0 Å². The zero-order chi connectivity index (χ0) is 11.2. The van der Waals surface area contributed by atoms with E-state index in [-0.39, 0.29) is 5.91 Å². The Morgan fingerprint density at radius 2 is 2.31 bits per heavy atom. The quantitative estimate of drug-likeness (QED) is 0.793. The largest absolute Gasteiger partial charge is 0.352 e. The summed E-state index contributed by atoms with van der Waals surface area (Å²) in [5.41, 5.74) is 0.675. The molecule has 0 aliphatic carbocycles. The Hall–Kier alpha value is -1.42. The van der Waals surface area contributed by atoms with Gasteiger partial charge in [-0.05, 0) is 37.9 Å². The third-order valence-corrected chi connectivity index (χ3v) is 2.88. The fourth-order valence-corrected chi connectivity index (χ4v) is 1.97. The maximum absolute atomic E-state index is 11.7. The molecule has 1 fully saturated rings. The molecule has 2 N–H and O–H groups in total. The zero-order valence-electron chi connectivity index (χ0n) is 9.28. The first-order valence-electron chi connectivity index (χ1n) is 5.78. The van der Waals surface area contributed by atoms with Gasteiger partial charge in [0.25, 0.3) is 5.91 Å². The minimum absolute atomic E-state index is 0.0135. The van der Waals surface area contributed by atoms with Gasteiger partial charge in [-0.2, -0.15) is 0 Å². The third-order valence-electron chi connectivity index (χ3n) is 2.88. The summed E-state index contributed by atoms with van der Waals surface area (Å²) in [6.07, 6.45) is 6.76. The Morgan fingerprint density at radius 1 is 1.50 bits per heavy atom. The molecule has 4 nitrogen and oxygen atoms in total. The number of hydrogen-bond acceptors (Lipinski definition) is 3. The van der Waals surface area contributed by atoms with Crippen LogP contribution in [0.25, 0.3) is 0 Å². The smallest absolute Gasteiger partial charge is 0.251 e. The van der Waals surface area contributed by atoms with Crippen molar-refractivity contribution in [3.05, 3.63) is 30.1 Å². The van der Waals surface area contributed by atoms with Gasteiger partial charge in [-0.25, -0.2) is 0 Å². The van der Waals surface area contributed by atoms with Crippen molar-refractivity contribution in [2.75, 3.05) is 13.1 Å². The van der Waals surface area contributed by atoms with Crippen LogP contribution in [0.3, 0.4) is 0 Å². The Morgan fingerprint density at radius 3 is 3.00 bits per heavy atom. The van der Waals surface area contributed by atoms with Crippen LogP contribution in [-0.2, 0) is 0 Å². The van der Waals surface area contributed by atoms with E-state index in [1.165, 1.54) is 12.8 Å². The van der Waals surface area contributed by atoms with Crippen molar-refractivity contribution < 1.29 is 4.79 Å². The van der Waals surface area contributed by atoms with Crippen molar-refractivity contribution in [1.29, 1.82) is 0 Å².